The standard InChI is InChI=1S/C48H29N3O/c1-2-12-30(13-3-1)32-14-10-15-33(28-32)46-38-19-4-7-21-40(38)49-48(50-46)34-16-11-17-35(29-34)51-41-22-8-5-20-39(41)45-42(51)27-25-31-24-26-37-36-18-6-9-23-43(36)52-47(37)44(31)45/h1-29H. The Hall–Kier alpha value is -7.04. The van der Waals surface area contributed by atoms with Gasteiger partial charge in [-0.05, 0) is 65.0 Å². The van der Waals surface area contributed by atoms with E-state index in [0.717, 1.165) is 82.7 Å². The highest BCUT2D eigenvalue weighted by Crippen LogP contribution is 2.42. The van der Waals surface area contributed by atoms with E-state index in [1.807, 2.05) is 18.2 Å². The maximum atomic E-state index is 6.60. The Kier molecular flexibility index (Phi) is 6.22. The largest absolute Gasteiger partial charge is 0.455 e. The minimum absolute atomic E-state index is 0.691. The third-order valence-corrected chi connectivity index (χ3v) is 10.4. The lowest BCUT2D eigenvalue weighted by molar-refractivity contribution is 0.673. The Morgan fingerprint density at radius 1 is 0.423 bits per heavy atom. The van der Waals surface area contributed by atoms with E-state index >= 15 is 0 Å². The van der Waals surface area contributed by atoms with Crippen LogP contribution in [0.4, 0.5) is 0 Å². The average molecular weight is 664 g/mol. The summed E-state index contributed by atoms with van der Waals surface area (Å²) in [6, 6.07) is 61.8. The van der Waals surface area contributed by atoms with Crippen LogP contribution in [0.3, 0.4) is 0 Å². The summed E-state index contributed by atoms with van der Waals surface area (Å²) in [4.78, 5) is 10.4. The molecular formula is C48H29N3O. The van der Waals surface area contributed by atoms with Crippen LogP contribution >= 0.6 is 0 Å². The molecule has 8 aromatic carbocycles. The highest BCUT2D eigenvalue weighted by Gasteiger charge is 2.20. The summed E-state index contributed by atoms with van der Waals surface area (Å²) < 4.78 is 8.97. The van der Waals surface area contributed by atoms with E-state index in [-0.39, 0.29) is 0 Å². The van der Waals surface area contributed by atoms with E-state index in [4.69, 9.17) is 14.4 Å². The van der Waals surface area contributed by atoms with Crippen LogP contribution in [0, 0.1) is 0 Å². The van der Waals surface area contributed by atoms with E-state index in [1.165, 1.54) is 16.3 Å². The molecule has 3 aromatic heterocycles. The maximum Gasteiger partial charge on any atom is 0.160 e. The first-order valence-electron chi connectivity index (χ1n) is 17.6. The quantitative estimate of drug-likeness (QED) is 0.188. The molecule has 0 spiro atoms. The van der Waals surface area contributed by atoms with Crippen LogP contribution in [0.15, 0.2) is 180 Å². The molecule has 0 fully saturated rings. The molecule has 0 atom stereocenters. The normalized spacial score (nSPS) is 11.8. The van der Waals surface area contributed by atoms with Crippen LogP contribution < -0.4 is 0 Å². The van der Waals surface area contributed by atoms with Gasteiger partial charge in [-0.15, -0.1) is 0 Å². The van der Waals surface area contributed by atoms with Gasteiger partial charge in [-0.25, -0.2) is 9.97 Å². The molecule has 0 aliphatic rings. The van der Waals surface area contributed by atoms with Gasteiger partial charge in [0.25, 0.3) is 0 Å². The number of fused-ring (bicyclic) bond motifs is 10. The number of benzene rings is 8. The van der Waals surface area contributed by atoms with Crippen LogP contribution in [0.5, 0.6) is 0 Å². The Balaban J connectivity index is 1.13. The summed E-state index contributed by atoms with van der Waals surface area (Å²) in [5.41, 5.74) is 11.3. The van der Waals surface area contributed by atoms with Gasteiger partial charge < -0.3 is 8.98 Å². The molecule has 0 radical (unpaired) electrons. The van der Waals surface area contributed by atoms with Gasteiger partial charge in [0.2, 0.25) is 0 Å². The first-order valence-corrected chi connectivity index (χ1v) is 17.6. The second-order valence-corrected chi connectivity index (χ2v) is 13.4. The number of aromatic nitrogens is 3. The zero-order chi connectivity index (χ0) is 34.2. The van der Waals surface area contributed by atoms with E-state index in [0.29, 0.717) is 5.82 Å². The van der Waals surface area contributed by atoms with Crippen LogP contribution in [-0.4, -0.2) is 14.5 Å². The highest BCUT2D eigenvalue weighted by atomic mass is 16.3. The van der Waals surface area contributed by atoms with Crippen molar-refractivity contribution in [3.05, 3.63) is 176 Å². The topological polar surface area (TPSA) is 43.9 Å². The third-order valence-electron chi connectivity index (χ3n) is 10.4. The van der Waals surface area contributed by atoms with Crippen LogP contribution in [0.25, 0.3) is 105 Å². The second-order valence-electron chi connectivity index (χ2n) is 13.4. The van der Waals surface area contributed by atoms with E-state index in [1.54, 1.807) is 0 Å². The van der Waals surface area contributed by atoms with Gasteiger partial charge in [0.15, 0.2) is 5.82 Å². The van der Waals surface area contributed by atoms with Gasteiger partial charge in [-0.1, -0.05) is 127 Å². The van der Waals surface area contributed by atoms with Gasteiger partial charge in [-0.2, -0.15) is 0 Å². The Labute approximate surface area is 298 Å². The molecule has 0 aliphatic carbocycles. The molecular weight excluding hydrogens is 635 g/mol. The van der Waals surface area contributed by atoms with Gasteiger partial charge in [0, 0.05) is 49.1 Å². The van der Waals surface area contributed by atoms with Crippen LogP contribution in [0.2, 0.25) is 0 Å². The van der Waals surface area contributed by atoms with Crippen molar-refractivity contribution in [2.45, 2.75) is 0 Å². The van der Waals surface area contributed by atoms with Crippen LogP contribution in [0.1, 0.15) is 0 Å². The van der Waals surface area contributed by atoms with Gasteiger partial charge in [0.1, 0.15) is 11.2 Å². The minimum Gasteiger partial charge on any atom is -0.455 e. The van der Waals surface area contributed by atoms with Gasteiger partial charge in [-0.3, -0.25) is 0 Å². The van der Waals surface area contributed by atoms with E-state index in [9.17, 15) is 0 Å². The number of furan rings is 1. The molecule has 4 nitrogen and oxygen atoms in total. The van der Waals surface area contributed by atoms with Crippen LogP contribution in [-0.2, 0) is 0 Å². The molecule has 0 amide bonds. The van der Waals surface area contributed by atoms with Crippen molar-refractivity contribution in [3.63, 3.8) is 0 Å². The second kappa shape index (κ2) is 11.2. The lowest BCUT2D eigenvalue weighted by Crippen LogP contribution is -1.98. The van der Waals surface area contributed by atoms with Crippen molar-refractivity contribution in [3.8, 4) is 39.5 Å². The molecule has 11 rings (SSSR count). The van der Waals surface area contributed by atoms with E-state index < -0.39 is 0 Å². The molecule has 0 saturated carbocycles. The van der Waals surface area contributed by atoms with Gasteiger partial charge in [0.05, 0.1) is 22.2 Å². The number of hydrogen-bond acceptors (Lipinski definition) is 3. The maximum absolute atomic E-state index is 6.60. The number of hydrogen-bond donors (Lipinski definition) is 0. The van der Waals surface area contributed by atoms with Crippen molar-refractivity contribution in [1.29, 1.82) is 0 Å². The predicted molar refractivity (Wildman–Crippen MR) is 215 cm³/mol. The van der Waals surface area contributed by atoms with Gasteiger partial charge >= 0.3 is 0 Å². The molecule has 0 unspecified atom stereocenters. The highest BCUT2D eigenvalue weighted by molar-refractivity contribution is 6.29. The molecule has 11 aromatic rings. The number of rotatable bonds is 4. The molecule has 4 heteroatoms. The molecule has 0 aliphatic heterocycles. The molecule has 52 heavy (non-hydrogen) atoms. The zero-order valence-corrected chi connectivity index (χ0v) is 28.0. The van der Waals surface area contributed by atoms with Crippen molar-refractivity contribution in [2.75, 3.05) is 0 Å². The van der Waals surface area contributed by atoms with E-state index in [2.05, 4.69) is 162 Å². The smallest absolute Gasteiger partial charge is 0.160 e. The molecule has 3 heterocycles. The summed E-state index contributed by atoms with van der Waals surface area (Å²) in [5, 5.41) is 7.96. The molecule has 0 bridgehead atoms. The fourth-order valence-corrected chi connectivity index (χ4v) is 8.01. The Bertz CT molecular complexity index is 3190. The molecule has 0 saturated heterocycles. The number of nitrogens with zero attached hydrogens (tertiary/aromatic N) is 3. The summed E-state index contributed by atoms with van der Waals surface area (Å²) >= 11 is 0. The van der Waals surface area contributed by atoms with Crippen molar-refractivity contribution in [2.24, 2.45) is 0 Å². The average Bonchev–Trinajstić information content (AvgIpc) is 3.77. The minimum atomic E-state index is 0.691. The first-order chi connectivity index (χ1) is 25.8. The lowest BCUT2D eigenvalue weighted by Gasteiger charge is -2.13. The lowest BCUT2D eigenvalue weighted by atomic mass is 9.99. The van der Waals surface area contributed by atoms with Crippen molar-refractivity contribution < 1.29 is 4.42 Å². The Morgan fingerprint density at radius 2 is 1.13 bits per heavy atom. The van der Waals surface area contributed by atoms with Crippen molar-refractivity contribution in [1.82, 2.24) is 14.5 Å². The Morgan fingerprint density at radius 3 is 2.06 bits per heavy atom. The number of para-hydroxylation sites is 3. The third kappa shape index (κ3) is 4.34. The fraction of sp³-hybridized carbons (Fsp3) is 0. The summed E-state index contributed by atoms with van der Waals surface area (Å²) in [6.07, 6.45) is 0. The zero-order valence-electron chi connectivity index (χ0n) is 28.0. The fourth-order valence-electron chi connectivity index (χ4n) is 8.01. The molecule has 242 valence electrons. The SMILES string of the molecule is c1ccc(-c2cccc(-c3nc(-c4cccc(-n5c6ccccc6c6c7c(ccc8c9ccccc9oc87)ccc65)c4)nc4ccccc34)c2)cc1. The molecule has 0 N–H and O–H groups in total. The monoisotopic (exact) mass is 663 g/mol. The summed E-state index contributed by atoms with van der Waals surface area (Å²) in [7, 11) is 0. The first kappa shape index (κ1) is 28.8. The summed E-state index contributed by atoms with van der Waals surface area (Å²) in [6.45, 7) is 0. The summed E-state index contributed by atoms with van der Waals surface area (Å²) in [5.74, 6) is 0.691. The predicted octanol–water partition coefficient (Wildman–Crippen LogP) is 12.8. The van der Waals surface area contributed by atoms with Crippen molar-refractivity contribution >= 4 is 65.4 Å².